The lowest BCUT2D eigenvalue weighted by Gasteiger charge is -2.06. The number of ether oxygens (including phenoxy) is 1. The molecule has 0 aliphatic heterocycles. The zero-order valence-corrected chi connectivity index (χ0v) is 13.1. The molecule has 0 radical (unpaired) electrons. The van der Waals surface area contributed by atoms with Gasteiger partial charge in [0, 0.05) is 12.3 Å². The van der Waals surface area contributed by atoms with E-state index in [0.717, 1.165) is 0 Å². The molecule has 0 bridgehead atoms. The maximum atomic E-state index is 12.1. The summed E-state index contributed by atoms with van der Waals surface area (Å²) in [5.74, 6) is -0.187. The SMILES string of the molecule is Cc1noc(C)c1C(=O)OCc1cc(=O)n2cc(Cl)ccc2n1. The van der Waals surface area contributed by atoms with Crippen LogP contribution in [0.1, 0.15) is 27.5 Å². The smallest absolute Gasteiger partial charge is 0.344 e. The van der Waals surface area contributed by atoms with Gasteiger partial charge >= 0.3 is 5.97 Å². The lowest BCUT2D eigenvalue weighted by Crippen LogP contribution is -2.16. The number of carbonyl (C=O) groups is 1. The number of esters is 1. The van der Waals surface area contributed by atoms with Crippen LogP contribution >= 0.6 is 11.6 Å². The Hall–Kier alpha value is -2.67. The largest absolute Gasteiger partial charge is 0.455 e. The molecule has 0 spiro atoms. The Balaban J connectivity index is 1.84. The molecule has 0 atom stereocenters. The quantitative estimate of drug-likeness (QED) is 0.683. The van der Waals surface area contributed by atoms with Crippen LogP contribution in [0.4, 0.5) is 0 Å². The van der Waals surface area contributed by atoms with Crippen LogP contribution in [0.25, 0.3) is 5.65 Å². The van der Waals surface area contributed by atoms with Gasteiger partial charge in [0.1, 0.15) is 23.6 Å². The predicted octanol–water partition coefficient (Wildman–Crippen LogP) is 2.31. The van der Waals surface area contributed by atoms with Crippen LogP contribution in [-0.4, -0.2) is 20.5 Å². The molecule has 118 valence electrons. The number of halogens is 1. The molecule has 0 fully saturated rings. The molecule has 7 nitrogen and oxygen atoms in total. The molecular formula is C15H12ClN3O4. The second kappa shape index (κ2) is 5.85. The average Bonchev–Trinajstić information content (AvgIpc) is 2.85. The number of hydrogen-bond acceptors (Lipinski definition) is 6. The number of carbonyl (C=O) groups excluding carboxylic acids is 1. The minimum Gasteiger partial charge on any atom is -0.455 e. The van der Waals surface area contributed by atoms with E-state index in [9.17, 15) is 9.59 Å². The third-order valence-corrected chi connectivity index (χ3v) is 3.49. The highest BCUT2D eigenvalue weighted by Crippen LogP contribution is 2.14. The van der Waals surface area contributed by atoms with Crippen molar-refractivity contribution in [2.24, 2.45) is 0 Å². The number of fused-ring (bicyclic) bond motifs is 1. The number of nitrogens with zero attached hydrogens (tertiary/aromatic N) is 3. The monoisotopic (exact) mass is 333 g/mol. The molecule has 0 aliphatic rings. The van der Waals surface area contributed by atoms with Gasteiger partial charge in [-0.25, -0.2) is 9.78 Å². The van der Waals surface area contributed by atoms with Crippen LogP contribution in [-0.2, 0) is 11.3 Å². The van der Waals surface area contributed by atoms with Gasteiger partial charge in [-0.15, -0.1) is 0 Å². The van der Waals surface area contributed by atoms with E-state index in [0.29, 0.717) is 27.8 Å². The Labute approximate surface area is 135 Å². The second-order valence-electron chi connectivity index (χ2n) is 4.94. The fraction of sp³-hybridized carbons (Fsp3) is 0.200. The first-order valence-corrected chi connectivity index (χ1v) is 7.11. The number of hydrogen-bond donors (Lipinski definition) is 0. The second-order valence-corrected chi connectivity index (χ2v) is 5.37. The summed E-state index contributed by atoms with van der Waals surface area (Å²) < 4.78 is 11.4. The first-order chi connectivity index (χ1) is 11.0. The van der Waals surface area contributed by atoms with E-state index in [4.69, 9.17) is 20.9 Å². The molecule has 3 aromatic heterocycles. The fourth-order valence-electron chi connectivity index (χ4n) is 2.19. The van der Waals surface area contributed by atoms with Crippen molar-refractivity contribution < 1.29 is 14.1 Å². The van der Waals surface area contributed by atoms with Crippen LogP contribution in [0.15, 0.2) is 33.7 Å². The Kier molecular flexibility index (Phi) is 3.87. The van der Waals surface area contributed by atoms with Gasteiger partial charge in [0.25, 0.3) is 5.56 Å². The lowest BCUT2D eigenvalue weighted by molar-refractivity contribution is 0.0465. The van der Waals surface area contributed by atoms with Gasteiger partial charge in [0.05, 0.1) is 16.4 Å². The molecule has 3 rings (SSSR count). The van der Waals surface area contributed by atoms with Gasteiger partial charge in [-0.3, -0.25) is 9.20 Å². The molecule has 0 unspecified atom stereocenters. The Morgan fingerprint density at radius 1 is 1.39 bits per heavy atom. The van der Waals surface area contributed by atoms with Crippen molar-refractivity contribution in [3.8, 4) is 0 Å². The van der Waals surface area contributed by atoms with Crippen LogP contribution in [0.3, 0.4) is 0 Å². The predicted molar refractivity (Wildman–Crippen MR) is 81.6 cm³/mol. The highest BCUT2D eigenvalue weighted by Gasteiger charge is 2.19. The highest BCUT2D eigenvalue weighted by molar-refractivity contribution is 6.30. The van der Waals surface area contributed by atoms with Gasteiger partial charge in [-0.1, -0.05) is 16.8 Å². The van der Waals surface area contributed by atoms with Crippen molar-refractivity contribution in [3.05, 3.63) is 62.5 Å². The molecule has 23 heavy (non-hydrogen) atoms. The van der Waals surface area contributed by atoms with Crippen LogP contribution in [0, 0.1) is 13.8 Å². The van der Waals surface area contributed by atoms with Gasteiger partial charge in [-0.2, -0.15) is 0 Å². The first kappa shape index (κ1) is 15.2. The molecule has 0 aromatic carbocycles. The maximum absolute atomic E-state index is 12.1. The summed E-state index contributed by atoms with van der Waals surface area (Å²) in [6, 6.07) is 4.54. The average molecular weight is 334 g/mol. The first-order valence-electron chi connectivity index (χ1n) is 6.73. The Morgan fingerprint density at radius 3 is 2.87 bits per heavy atom. The summed E-state index contributed by atoms with van der Waals surface area (Å²) in [5, 5.41) is 4.13. The third kappa shape index (κ3) is 2.95. The third-order valence-electron chi connectivity index (χ3n) is 3.27. The molecular weight excluding hydrogens is 322 g/mol. The summed E-state index contributed by atoms with van der Waals surface area (Å²) in [7, 11) is 0. The van der Waals surface area contributed by atoms with Gasteiger partial charge in [0.2, 0.25) is 0 Å². The summed E-state index contributed by atoms with van der Waals surface area (Å²) in [4.78, 5) is 28.4. The number of rotatable bonds is 3. The van der Waals surface area contributed by atoms with Crippen molar-refractivity contribution in [2.45, 2.75) is 20.5 Å². The topological polar surface area (TPSA) is 86.7 Å². The molecule has 0 saturated heterocycles. The van der Waals surface area contributed by atoms with E-state index >= 15 is 0 Å². The molecule has 0 aliphatic carbocycles. The van der Waals surface area contributed by atoms with E-state index in [-0.39, 0.29) is 17.7 Å². The molecule has 3 aromatic rings. The number of aromatic nitrogens is 3. The van der Waals surface area contributed by atoms with Gasteiger partial charge < -0.3 is 9.26 Å². The van der Waals surface area contributed by atoms with Crippen LogP contribution in [0.5, 0.6) is 0 Å². The van der Waals surface area contributed by atoms with Crippen LogP contribution in [0.2, 0.25) is 5.02 Å². The van der Waals surface area contributed by atoms with Crippen molar-refractivity contribution >= 4 is 23.2 Å². The number of pyridine rings is 1. The van der Waals surface area contributed by atoms with Crippen LogP contribution < -0.4 is 5.56 Å². The molecule has 0 saturated carbocycles. The van der Waals surface area contributed by atoms with Gasteiger partial charge in [0.15, 0.2) is 0 Å². The maximum Gasteiger partial charge on any atom is 0.344 e. The van der Waals surface area contributed by atoms with Gasteiger partial charge in [-0.05, 0) is 26.0 Å². The fourth-order valence-corrected chi connectivity index (χ4v) is 2.35. The van der Waals surface area contributed by atoms with Crippen molar-refractivity contribution in [1.29, 1.82) is 0 Å². The normalized spacial score (nSPS) is 10.9. The molecule has 3 heterocycles. The molecule has 0 N–H and O–H groups in total. The highest BCUT2D eigenvalue weighted by atomic mass is 35.5. The van der Waals surface area contributed by atoms with E-state index in [1.165, 1.54) is 16.7 Å². The standard InChI is InChI=1S/C15H12ClN3O4/c1-8-14(9(2)23-18-8)15(21)22-7-11-5-13(20)19-6-10(16)3-4-12(19)17-11/h3-6H,7H2,1-2H3. The molecule has 0 amide bonds. The minimum absolute atomic E-state index is 0.128. The van der Waals surface area contributed by atoms with Crippen molar-refractivity contribution in [3.63, 3.8) is 0 Å². The minimum atomic E-state index is -0.570. The lowest BCUT2D eigenvalue weighted by atomic mass is 10.2. The zero-order chi connectivity index (χ0) is 16.6. The zero-order valence-electron chi connectivity index (χ0n) is 12.4. The summed E-state index contributed by atoms with van der Waals surface area (Å²) >= 11 is 5.85. The van der Waals surface area contributed by atoms with Crippen molar-refractivity contribution in [1.82, 2.24) is 14.5 Å². The molecule has 8 heteroatoms. The van der Waals surface area contributed by atoms with E-state index in [1.807, 2.05) is 0 Å². The summed E-state index contributed by atoms with van der Waals surface area (Å²) in [6.45, 7) is 3.15. The van der Waals surface area contributed by atoms with E-state index in [2.05, 4.69) is 10.1 Å². The van der Waals surface area contributed by atoms with E-state index in [1.54, 1.807) is 26.0 Å². The number of aryl methyl sites for hydroxylation is 2. The Morgan fingerprint density at radius 2 is 2.17 bits per heavy atom. The Bertz CT molecular complexity index is 942. The van der Waals surface area contributed by atoms with Crippen molar-refractivity contribution in [2.75, 3.05) is 0 Å². The summed E-state index contributed by atoms with van der Waals surface area (Å²) in [5.41, 5.74) is 1.20. The van der Waals surface area contributed by atoms with E-state index < -0.39 is 5.97 Å². The summed E-state index contributed by atoms with van der Waals surface area (Å²) in [6.07, 6.45) is 1.48.